The minimum atomic E-state index is -4.78. The van der Waals surface area contributed by atoms with Crippen molar-refractivity contribution >= 4 is 138 Å². The first kappa shape index (κ1) is 95.5. The van der Waals surface area contributed by atoms with Crippen molar-refractivity contribution in [3.63, 3.8) is 0 Å². The van der Waals surface area contributed by atoms with Gasteiger partial charge >= 0.3 is 24.7 Å². The fourth-order valence-electron chi connectivity index (χ4n) is 13.4. The second-order valence-corrected chi connectivity index (χ2v) is 31.6. The quantitative estimate of drug-likeness (QED) is 0.0285. The van der Waals surface area contributed by atoms with Gasteiger partial charge in [-0.05, 0) is 274 Å². The van der Waals surface area contributed by atoms with Crippen LogP contribution in [0.5, 0.6) is 23.0 Å². The Morgan fingerprint density at radius 3 is 0.786 bits per heavy atom. The SMILES string of the molecule is CC1(C)C(=O)N(c2ccc(C#N)c(C(F)(F)F)c2)C(=S)N1c1ccc(O)cc1.CC1(C)C(=O)N(c2ccc(C#N)c(C(F)(F)F)c2)C(=S)N1c1ccc(OCC(O)CO)cc1.CC1(C)C(=O)N(c2ccc(C#N)c(C(F)(F)F)c2)C(=S)N1c1ccc(OCC(O)CO)cc1.CC1(C)C(=O)N(c2ccc(C#N)c(C(F)(F)F)c2)C(=S)N1c1ccc(OCC2CO2)cc1. The summed E-state index contributed by atoms with van der Waals surface area (Å²) in [6.45, 7) is 12.9. The summed E-state index contributed by atoms with van der Waals surface area (Å²) in [6, 6.07) is 43.9. The number of aliphatic hydroxyl groups is 4. The molecule has 8 aromatic rings. The number of phenolic OH excluding ortho intramolecular Hbond substituents is 1. The predicted octanol–water partition coefficient (Wildman–Crippen LogP) is 14.9. The maximum Gasteiger partial charge on any atom is 0.417 e. The monoisotopic (exact) mass is 1820 g/mol. The number of carbonyl (C=O) groups excluding carboxylic acids is 4. The van der Waals surface area contributed by atoms with Gasteiger partial charge in [0.25, 0.3) is 23.6 Å². The van der Waals surface area contributed by atoms with E-state index in [-0.39, 0.29) is 68.3 Å². The van der Waals surface area contributed by atoms with Gasteiger partial charge < -0.3 is 64.1 Å². The molecule has 5 heterocycles. The molecule has 4 amide bonds. The van der Waals surface area contributed by atoms with E-state index in [9.17, 15) is 87.2 Å². The first-order valence-corrected chi connectivity index (χ1v) is 38.9. The Bertz CT molecular complexity index is 5580. The van der Waals surface area contributed by atoms with E-state index in [0.29, 0.717) is 53.2 Å². The summed E-state index contributed by atoms with van der Waals surface area (Å²) in [6.07, 6.45) is -21.0. The number of carbonyl (C=O) groups is 4. The van der Waals surface area contributed by atoms with Crippen LogP contribution in [0.15, 0.2) is 170 Å². The van der Waals surface area contributed by atoms with Gasteiger partial charge in [-0.3, -0.25) is 38.8 Å². The van der Waals surface area contributed by atoms with E-state index >= 15 is 0 Å². The highest BCUT2D eigenvalue weighted by Gasteiger charge is 2.55. The largest absolute Gasteiger partial charge is 0.508 e. The van der Waals surface area contributed by atoms with E-state index in [1.54, 1.807) is 145 Å². The molecule has 5 fully saturated rings. The minimum absolute atomic E-state index is 0.00137. The topological polar surface area (TPSA) is 331 Å². The highest BCUT2D eigenvalue weighted by Crippen LogP contribution is 2.47. The fourth-order valence-corrected chi connectivity index (χ4v) is 15.4. The Labute approximate surface area is 732 Å². The predicted molar refractivity (Wildman–Crippen MR) is 451 cm³/mol. The van der Waals surface area contributed by atoms with Gasteiger partial charge in [-0.25, -0.2) is 0 Å². The standard InChI is InChI=1S/2C22H20F3N3O4S.C22H18F3N3O3S.C19H14F3N3O2S/c2*1-21(2)19(31)27(15-4-3-13(10-26)18(9-15)22(23,24)25)20(33)28(21)14-5-7-17(8-6-14)32-12-16(30)11-29;1-21(2)19(29)27(15-4-3-13(10-26)18(9-15)22(23,24)25)20(32)28(21)14-5-7-16(8-6-14)30-11-17-12-31-17;1-18(2)16(27)24(17(28)25(18)12-5-7-14(26)8-6-12)13-4-3-11(10-23)15(9-13)19(20,21)22/h2*3-9,16,29-30H,11-12H2,1-2H3;3-9,17H,11-12H2,1-2H3;3-9,26H,1-2H3. The average Bonchev–Trinajstić information content (AvgIpc) is 1.60. The first-order chi connectivity index (χ1) is 58.8. The average molecular weight is 1830 g/mol. The molecule has 25 nitrogen and oxygen atoms in total. The van der Waals surface area contributed by atoms with Crippen molar-refractivity contribution in [2.24, 2.45) is 0 Å². The molecule has 13 rings (SSSR count). The summed E-state index contributed by atoms with van der Waals surface area (Å²) in [5.41, 5.74) is -9.67. The lowest BCUT2D eigenvalue weighted by Gasteiger charge is -2.29. The van der Waals surface area contributed by atoms with Crippen LogP contribution in [0.1, 0.15) is 99.9 Å². The van der Waals surface area contributed by atoms with Crippen LogP contribution in [0.25, 0.3) is 0 Å². The van der Waals surface area contributed by atoms with Crippen LogP contribution in [-0.2, 0) is 48.6 Å². The second-order valence-electron chi connectivity index (χ2n) is 30.2. The molecule has 126 heavy (non-hydrogen) atoms. The molecule has 41 heteroatoms. The maximum absolute atomic E-state index is 13.4. The van der Waals surface area contributed by atoms with E-state index in [4.69, 9.17) is 99.1 Å². The number of aliphatic hydroxyl groups excluding tert-OH is 4. The molecule has 5 aliphatic heterocycles. The van der Waals surface area contributed by atoms with Gasteiger partial charge in [-0.15, -0.1) is 0 Å². The number of anilines is 8. The molecule has 658 valence electrons. The Hall–Kier alpha value is -12.7. The molecule has 5 saturated heterocycles. The van der Waals surface area contributed by atoms with Crippen LogP contribution in [0.2, 0.25) is 0 Å². The Morgan fingerprint density at radius 2 is 0.587 bits per heavy atom. The van der Waals surface area contributed by atoms with Crippen molar-refractivity contribution in [2.45, 2.75) is 121 Å². The van der Waals surface area contributed by atoms with Crippen LogP contribution >= 0.6 is 48.9 Å². The maximum atomic E-state index is 13.4. The Balaban J connectivity index is 0.000000176. The van der Waals surface area contributed by atoms with Crippen molar-refractivity contribution in [3.05, 3.63) is 214 Å². The smallest absolute Gasteiger partial charge is 0.417 e. The molecular formula is C85H72F12N12O13S4. The van der Waals surface area contributed by atoms with Crippen LogP contribution in [-0.4, -0.2) is 150 Å². The van der Waals surface area contributed by atoms with E-state index < -0.39 is 140 Å². The molecule has 0 aliphatic carbocycles. The van der Waals surface area contributed by atoms with Crippen LogP contribution in [0.4, 0.5) is 98.2 Å². The zero-order valence-corrected chi connectivity index (χ0v) is 70.4. The second kappa shape index (κ2) is 36.9. The number of phenols is 1. The van der Waals surface area contributed by atoms with Crippen molar-refractivity contribution in [2.75, 3.05) is 78.8 Å². The minimum Gasteiger partial charge on any atom is -0.508 e. The molecular weight excluding hydrogens is 1750 g/mol. The van der Waals surface area contributed by atoms with E-state index in [0.717, 1.165) is 68.1 Å². The lowest BCUT2D eigenvalue weighted by molar-refractivity contribution is -0.138. The Kier molecular flexibility index (Phi) is 28.0. The van der Waals surface area contributed by atoms with Crippen molar-refractivity contribution in [1.29, 1.82) is 21.0 Å². The lowest BCUT2D eigenvalue weighted by Crippen LogP contribution is -2.44. The summed E-state index contributed by atoms with van der Waals surface area (Å²) in [7, 11) is 0. The Morgan fingerprint density at radius 1 is 0.381 bits per heavy atom. The van der Waals surface area contributed by atoms with Gasteiger partial charge in [-0.1, -0.05) is 0 Å². The number of epoxide rings is 1. The normalized spacial score (nSPS) is 17.4. The number of nitrogens with zero attached hydrogens (tertiary/aromatic N) is 12. The van der Waals surface area contributed by atoms with Gasteiger partial charge in [0.05, 0.1) is 111 Å². The molecule has 0 bridgehead atoms. The van der Waals surface area contributed by atoms with Crippen LogP contribution in [0.3, 0.4) is 0 Å². The number of hydrogen-bond acceptors (Lipinski definition) is 21. The van der Waals surface area contributed by atoms with Gasteiger partial charge in [0, 0.05) is 22.7 Å². The highest BCUT2D eigenvalue weighted by atomic mass is 32.1. The van der Waals surface area contributed by atoms with Crippen molar-refractivity contribution in [3.8, 4) is 47.3 Å². The van der Waals surface area contributed by atoms with Gasteiger partial charge in [-0.2, -0.15) is 73.7 Å². The molecule has 5 aliphatic rings. The van der Waals surface area contributed by atoms with Gasteiger partial charge in [0.1, 0.15) is 83.3 Å². The molecule has 8 aromatic carbocycles. The molecule has 3 unspecified atom stereocenters. The zero-order chi connectivity index (χ0) is 93.2. The number of ether oxygens (including phenoxy) is 4. The van der Waals surface area contributed by atoms with Crippen LogP contribution in [0, 0.1) is 45.3 Å². The third-order valence-corrected chi connectivity index (χ3v) is 21.4. The number of amides is 4. The molecule has 0 spiro atoms. The number of hydrogen-bond donors (Lipinski definition) is 5. The summed E-state index contributed by atoms with van der Waals surface area (Å²) >= 11 is 21.9. The zero-order valence-electron chi connectivity index (χ0n) is 67.2. The molecule has 3 atom stereocenters. The number of aromatic hydroxyl groups is 1. The van der Waals surface area contributed by atoms with E-state index in [1.807, 2.05) is 0 Å². The van der Waals surface area contributed by atoms with Crippen LogP contribution < -0.4 is 53.4 Å². The number of halogens is 12. The molecule has 0 saturated carbocycles. The van der Waals surface area contributed by atoms with Crippen molar-refractivity contribution in [1.82, 2.24) is 0 Å². The van der Waals surface area contributed by atoms with E-state index in [2.05, 4.69) is 0 Å². The number of nitriles is 4. The third kappa shape index (κ3) is 19.8. The summed E-state index contributed by atoms with van der Waals surface area (Å²) in [5.74, 6) is -0.601. The fraction of sp³-hybridized carbons (Fsp3) is 0.294. The number of rotatable bonds is 19. The highest BCUT2D eigenvalue weighted by molar-refractivity contribution is 7.81. The first-order valence-electron chi connectivity index (χ1n) is 37.2. The molecule has 5 N–H and O–H groups in total. The number of benzene rings is 8. The summed E-state index contributed by atoms with van der Waals surface area (Å²) < 4.78 is 182. The van der Waals surface area contributed by atoms with Gasteiger partial charge in [0.2, 0.25) is 0 Å². The molecule has 0 radical (unpaired) electrons. The summed E-state index contributed by atoms with van der Waals surface area (Å²) in [5, 5.41) is 82.0. The van der Waals surface area contributed by atoms with Crippen molar-refractivity contribution < 1.29 is 116 Å². The summed E-state index contributed by atoms with van der Waals surface area (Å²) in [4.78, 5) is 62.9. The third-order valence-electron chi connectivity index (χ3n) is 20.0. The van der Waals surface area contributed by atoms with E-state index in [1.165, 1.54) is 75.4 Å². The number of alkyl halides is 12. The lowest BCUT2D eigenvalue weighted by atomic mass is 10.0. The number of thiocarbonyl (C=S) groups is 4. The molecule has 0 aromatic heterocycles. The van der Waals surface area contributed by atoms with Gasteiger partial charge in [0.15, 0.2) is 20.4 Å².